The third-order valence-corrected chi connectivity index (χ3v) is 3.58. The van der Waals surface area contributed by atoms with E-state index in [9.17, 15) is 0 Å². The molecular formula is C11H15Cl2NS. The molecule has 0 spiro atoms. The Labute approximate surface area is 106 Å². The molecule has 1 atom stereocenters. The predicted molar refractivity (Wildman–Crippen MR) is 69.1 cm³/mol. The number of halogens is 2. The van der Waals surface area contributed by atoms with Gasteiger partial charge in [0.05, 0.1) is 10.0 Å². The third kappa shape index (κ3) is 5.64. The lowest BCUT2D eigenvalue weighted by atomic mass is 10.1. The highest BCUT2D eigenvalue weighted by atomic mass is 35.5. The fourth-order valence-corrected chi connectivity index (χ4v) is 2.65. The van der Waals surface area contributed by atoms with Crippen molar-refractivity contribution in [1.82, 2.24) is 4.98 Å². The molecule has 1 unspecified atom stereocenters. The summed E-state index contributed by atoms with van der Waals surface area (Å²) in [4.78, 5) is 4.23. The van der Waals surface area contributed by atoms with Gasteiger partial charge in [0, 0.05) is 12.1 Å². The van der Waals surface area contributed by atoms with Crippen LogP contribution in [0.4, 0.5) is 0 Å². The number of aromatic nitrogens is 1. The van der Waals surface area contributed by atoms with Crippen LogP contribution in [0.25, 0.3) is 0 Å². The summed E-state index contributed by atoms with van der Waals surface area (Å²) in [5, 5.41) is 1.73. The minimum absolute atomic E-state index is 0.690. The van der Waals surface area contributed by atoms with E-state index in [1.165, 1.54) is 6.42 Å². The molecule has 84 valence electrons. The van der Waals surface area contributed by atoms with E-state index in [0.29, 0.717) is 10.9 Å². The van der Waals surface area contributed by atoms with Gasteiger partial charge in [0.15, 0.2) is 0 Å². The van der Waals surface area contributed by atoms with Gasteiger partial charge in [-0.15, -0.1) is 23.4 Å². The van der Waals surface area contributed by atoms with Crippen LogP contribution in [-0.2, 0) is 0 Å². The Morgan fingerprint density at radius 2 is 2.20 bits per heavy atom. The first-order valence-corrected chi connectivity index (χ1v) is 6.92. The van der Waals surface area contributed by atoms with E-state index in [1.807, 2.05) is 12.1 Å². The van der Waals surface area contributed by atoms with Gasteiger partial charge >= 0.3 is 0 Å². The van der Waals surface area contributed by atoms with Crippen LogP contribution in [0.1, 0.15) is 19.8 Å². The molecule has 0 saturated carbocycles. The molecule has 0 aromatic carbocycles. The number of hydrogen-bond donors (Lipinski definition) is 0. The molecule has 4 heteroatoms. The highest BCUT2D eigenvalue weighted by molar-refractivity contribution is 7.99. The average Bonchev–Trinajstić information content (AvgIpc) is 2.21. The number of hydrogen-bond acceptors (Lipinski definition) is 2. The van der Waals surface area contributed by atoms with Crippen molar-refractivity contribution >= 4 is 35.0 Å². The van der Waals surface area contributed by atoms with Crippen molar-refractivity contribution in [1.29, 1.82) is 0 Å². The molecule has 1 aromatic heterocycles. The van der Waals surface area contributed by atoms with E-state index in [-0.39, 0.29) is 0 Å². The zero-order chi connectivity index (χ0) is 11.1. The molecule has 0 bridgehead atoms. The summed E-state index contributed by atoms with van der Waals surface area (Å²) >= 11 is 13.2. The second-order valence-electron chi connectivity index (χ2n) is 3.53. The molecule has 0 aliphatic carbocycles. The summed E-state index contributed by atoms with van der Waals surface area (Å²) in [6, 6.07) is 3.83. The van der Waals surface area contributed by atoms with Crippen molar-refractivity contribution in [2.75, 3.05) is 11.6 Å². The van der Waals surface area contributed by atoms with E-state index in [1.54, 1.807) is 18.0 Å². The Kier molecular flexibility index (Phi) is 6.46. The maximum atomic E-state index is 5.75. The Balaban J connectivity index is 2.22. The average molecular weight is 264 g/mol. The van der Waals surface area contributed by atoms with Gasteiger partial charge in [-0.1, -0.05) is 18.5 Å². The largest absolute Gasteiger partial charge is 0.248 e. The molecule has 0 amide bonds. The summed E-state index contributed by atoms with van der Waals surface area (Å²) in [6.45, 7) is 2.23. The normalized spacial score (nSPS) is 12.7. The molecule has 0 N–H and O–H groups in total. The van der Waals surface area contributed by atoms with Crippen molar-refractivity contribution in [3.05, 3.63) is 23.4 Å². The van der Waals surface area contributed by atoms with Crippen LogP contribution in [0.2, 0.25) is 5.02 Å². The van der Waals surface area contributed by atoms with Crippen molar-refractivity contribution in [2.45, 2.75) is 24.8 Å². The number of alkyl halides is 1. The molecule has 1 aromatic rings. The highest BCUT2D eigenvalue weighted by Crippen LogP contribution is 2.20. The summed E-state index contributed by atoms with van der Waals surface area (Å²) in [6.07, 6.45) is 3.96. The Morgan fingerprint density at radius 1 is 1.40 bits per heavy atom. The fourth-order valence-electron chi connectivity index (χ4n) is 1.14. The zero-order valence-electron chi connectivity index (χ0n) is 8.75. The second kappa shape index (κ2) is 7.37. The van der Waals surface area contributed by atoms with Crippen molar-refractivity contribution in [3.8, 4) is 0 Å². The number of pyridine rings is 1. The van der Waals surface area contributed by atoms with Gasteiger partial charge in [-0.25, -0.2) is 4.98 Å². The number of nitrogens with zero attached hydrogens (tertiary/aromatic N) is 1. The van der Waals surface area contributed by atoms with Crippen molar-refractivity contribution in [2.24, 2.45) is 5.92 Å². The minimum Gasteiger partial charge on any atom is -0.248 e. The van der Waals surface area contributed by atoms with Gasteiger partial charge in [-0.2, -0.15) is 0 Å². The van der Waals surface area contributed by atoms with Gasteiger partial charge < -0.3 is 0 Å². The van der Waals surface area contributed by atoms with Gasteiger partial charge in [-0.3, -0.25) is 0 Å². The van der Waals surface area contributed by atoms with Crippen LogP contribution in [0.3, 0.4) is 0 Å². The first-order chi connectivity index (χ1) is 7.22. The van der Waals surface area contributed by atoms with Gasteiger partial charge in [-0.05, 0) is 36.6 Å². The Hall–Kier alpha value is 0.0800. The monoisotopic (exact) mass is 263 g/mol. The molecule has 15 heavy (non-hydrogen) atoms. The molecule has 0 radical (unpaired) electrons. The zero-order valence-corrected chi connectivity index (χ0v) is 11.1. The molecule has 1 heterocycles. The van der Waals surface area contributed by atoms with E-state index in [2.05, 4.69) is 11.9 Å². The second-order valence-corrected chi connectivity index (χ2v) is 5.46. The summed E-state index contributed by atoms with van der Waals surface area (Å²) in [5.74, 6) is 2.54. The lowest BCUT2D eigenvalue weighted by Crippen LogP contribution is -1.97. The molecular weight excluding hydrogens is 249 g/mol. The standard InChI is InChI=1S/C11H15Cl2NS/c1-9(4-6-12)5-7-15-11-3-2-10(13)8-14-11/h2-3,8-9H,4-7H2,1H3. The highest BCUT2D eigenvalue weighted by Gasteiger charge is 2.02. The maximum absolute atomic E-state index is 5.75. The molecule has 0 aliphatic heterocycles. The van der Waals surface area contributed by atoms with Crippen molar-refractivity contribution < 1.29 is 0 Å². The maximum Gasteiger partial charge on any atom is 0.0960 e. The lowest BCUT2D eigenvalue weighted by Gasteiger charge is -2.08. The molecule has 0 saturated heterocycles. The molecule has 0 fully saturated rings. The molecule has 1 nitrogen and oxygen atoms in total. The summed E-state index contributed by atoms with van der Waals surface area (Å²) in [5.41, 5.74) is 0. The van der Waals surface area contributed by atoms with E-state index >= 15 is 0 Å². The van der Waals surface area contributed by atoms with E-state index < -0.39 is 0 Å². The van der Waals surface area contributed by atoms with E-state index in [4.69, 9.17) is 23.2 Å². The first kappa shape index (κ1) is 13.1. The van der Waals surface area contributed by atoms with Gasteiger partial charge in [0.25, 0.3) is 0 Å². The van der Waals surface area contributed by atoms with Crippen LogP contribution >= 0.6 is 35.0 Å². The third-order valence-electron chi connectivity index (χ3n) is 2.16. The van der Waals surface area contributed by atoms with Crippen molar-refractivity contribution in [3.63, 3.8) is 0 Å². The Bertz CT molecular complexity index is 276. The van der Waals surface area contributed by atoms with Gasteiger partial charge in [0.2, 0.25) is 0 Å². The van der Waals surface area contributed by atoms with Crippen LogP contribution in [0.5, 0.6) is 0 Å². The van der Waals surface area contributed by atoms with Crippen LogP contribution in [0, 0.1) is 5.92 Å². The quantitative estimate of drug-likeness (QED) is 0.555. The molecule has 0 aliphatic rings. The first-order valence-electron chi connectivity index (χ1n) is 5.02. The minimum atomic E-state index is 0.690. The van der Waals surface area contributed by atoms with Crippen LogP contribution in [-0.4, -0.2) is 16.6 Å². The van der Waals surface area contributed by atoms with Crippen LogP contribution in [0.15, 0.2) is 23.4 Å². The fraction of sp³-hybridized carbons (Fsp3) is 0.545. The van der Waals surface area contributed by atoms with E-state index in [0.717, 1.165) is 23.1 Å². The molecule has 1 rings (SSSR count). The topological polar surface area (TPSA) is 12.9 Å². The summed E-state index contributed by atoms with van der Waals surface area (Å²) in [7, 11) is 0. The lowest BCUT2D eigenvalue weighted by molar-refractivity contribution is 0.552. The SMILES string of the molecule is CC(CCCl)CCSc1ccc(Cl)cn1. The van der Waals surface area contributed by atoms with Gasteiger partial charge in [0.1, 0.15) is 0 Å². The summed E-state index contributed by atoms with van der Waals surface area (Å²) < 4.78 is 0. The van der Waals surface area contributed by atoms with Crippen LogP contribution < -0.4 is 0 Å². The predicted octanol–water partition coefficient (Wildman–Crippen LogP) is 4.48. The number of thioether (sulfide) groups is 1. The number of rotatable bonds is 6. The smallest absolute Gasteiger partial charge is 0.0960 e. The Morgan fingerprint density at radius 3 is 2.80 bits per heavy atom.